The second-order valence-corrected chi connectivity index (χ2v) is 6.18. The smallest absolute Gasteiger partial charge is 0.0270 e. The lowest BCUT2D eigenvalue weighted by Crippen LogP contribution is -2.26. The predicted octanol–water partition coefficient (Wildman–Crippen LogP) is 4.24. The molecule has 0 amide bonds. The third-order valence-electron chi connectivity index (χ3n) is 3.46. The Balaban J connectivity index is 1.70. The number of thiophene rings is 1. The molecule has 17 heavy (non-hydrogen) atoms. The van der Waals surface area contributed by atoms with E-state index in [-0.39, 0.29) is 0 Å². The molecule has 0 unspecified atom stereocenters. The van der Waals surface area contributed by atoms with Gasteiger partial charge in [0, 0.05) is 21.8 Å². The van der Waals surface area contributed by atoms with Crippen LogP contribution in [0, 0.1) is 0 Å². The molecule has 1 aliphatic heterocycles. The molecule has 1 saturated heterocycles. The summed E-state index contributed by atoms with van der Waals surface area (Å²) in [6.45, 7) is 4.50. The van der Waals surface area contributed by atoms with Crippen LogP contribution < -0.4 is 5.32 Å². The number of hydrogen-bond acceptors (Lipinski definition) is 2. The molecular formula is C15H23NS. The van der Waals surface area contributed by atoms with Crippen LogP contribution >= 0.6 is 11.3 Å². The summed E-state index contributed by atoms with van der Waals surface area (Å²) in [5, 5.41) is 3.63. The summed E-state index contributed by atoms with van der Waals surface area (Å²) in [5.41, 5.74) is 0. The van der Waals surface area contributed by atoms with Crippen LogP contribution in [0.1, 0.15) is 49.3 Å². The Morgan fingerprint density at radius 3 is 2.94 bits per heavy atom. The molecule has 1 aromatic rings. The van der Waals surface area contributed by atoms with Gasteiger partial charge in [-0.05, 0) is 57.2 Å². The average Bonchev–Trinajstić information content (AvgIpc) is 2.93. The van der Waals surface area contributed by atoms with Crippen molar-refractivity contribution in [2.75, 3.05) is 0 Å². The molecule has 2 heteroatoms. The van der Waals surface area contributed by atoms with E-state index in [2.05, 4.69) is 43.4 Å². The van der Waals surface area contributed by atoms with Crippen molar-refractivity contribution in [3.8, 4) is 0 Å². The summed E-state index contributed by atoms with van der Waals surface area (Å²) in [7, 11) is 0. The standard InChI is InChI=1S/C15H23NS/c1-3-14-10-11-15(17-14)7-5-4-6-13-9-8-12(2)16-13/h5,7,10-13,16H,3-4,6,8-9H2,1-2H3/b7-5-/t12-,13-/m0/s1. The minimum atomic E-state index is 0.730. The monoisotopic (exact) mass is 249 g/mol. The third kappa shape index (κ3) is 3.97. The van der Waals surface area contributed by atoms with Gasteiger partial charge in [-0.1, -0.05) is 13.0 Å². The van der Waals surface area contributed by atoms with Gasteiger partial charge >= 0.3 is 0 Å². The summed E-state index contributed by atoms with van der Waals surface area (Å²) in [4.78, 5) is 2.88. The highest BCUT2D eigenvalue weighted by molar-refractivity contribution is 7.12. The van der Waals surface area contributed by atoms with Crippen molar-refractivity contribution in [2.45, 2.75) is 58.0 Å². The normalized spacial score (nSPS) is 24.8. The highest BCUT2D eigenvalue weighted by Crippen LogP contribution is 2.20. The van der Waals surface area contributed by atoms with E-state index in [4.69, 9.17) is 0 Å². The lowest BCUT2D eigenvalue weighted by atomic mass is 10.1. The maximum atomic E-state index is 3.63. The summed E-state index contributed by atoms with van der Waals surface area (Å²) >= 11 is 1.91. The molecule has 0 spiro atoms. The van der Waals surface area contributed by atoms with E-state index in [0.29, 0.717) is 0 Å². The quantitative estimate of drug-likeness (QED) is 0.823. The number of allylic oxidation sites excluding steroid dienone is 1. The van der Waals surface area contributed by atoms with Gasteiger partial charge < -0.3 is 5.32 Å². The highest BCUT2D eigenvalue weighted by Gasteiger charge is 2.18. The summed E-state index contributed by atoms with van der Waals surface area (Å²) in [6, 6.07) is 5.96. The van der Waals surface area contributed by atoms with Gasteiger partial charge in [-0.15, -0.1) is 11.3 Å². The van der Waals surface area contributed by atoms with Crippen LogP contribution in [0.2, 0.25) is 0 Å². The van der Waals surface area contributed by atoms with Gasteiger partial charge in [0.25, 0.3) is 0 Å². The van der Waals surface area contributed by atoms with E-state index in [1.807, 2.05) is 11.3 Å². The van der Waals surface area contributed by atoms with E-state index in [0.717, 1.165) is 18.5 Å². The van der Waals surface area contributed by atoms with Crippen LogP contribution in [-0.4, -0.2) is 12.1 Å². The molecule has 0 saturated carbocycles. The van der Waals surface area contributed by atoms with Crippen LogP contribution in [0.5, 0.6) is 0 Å². The van der Waals surface area contributed by atoms with E-state index < -0.39 is 0 Å². The molecule has 0 bridgehead atoms. The van der Waals surface area contributed by atoms with Gasteiger partial charge in [0.1, 0.15) is 0 Å². The molecular weight excluding hydrogens is 226 g/mol. The molecule has 2 rings (SSSR count). The Morgan fingerprint density at radius 1 is 1.41 bits per heavy atom. The van der Waals surface area contributed by atoms with Gasteiger partial charge in [-0.25, -0.2) is 0 Å². The Kier molecular flexibility index (Phi) is 4.81. The lowest BCUT2D eigenvalue weighted by Gasteiger charge is -2.09. The molecule has 1 nitrogen and oxygen atoms in total. The molecule has 2 atom stereocenters. The summed E-state index contributed by atoms with van der Waals surface area (Å²) < 4.78 is 0. The molecule has 1 aliphatic rings. The molecule has 1 N–H and O–H groups in total. The van der Waals surface area contributed by atoms with E-state index in [1.165, 1.54) is 35.4 Å². The third-order valence-corrected chi connectivity index (χ3v) is 4.66. The zero-order valence-corrected chi connectivity index (χ0v) is 11.7. The average molecular weight is 249 g/mol. The Morgan fingerprint density at radius 2 is 2.29 bits per heavy atom. The van der Waals surface area contributed by atoms with E-state index >= 15 is 0 Å². The van der Waals surface area contributed by atoms with Crippen molar-refractivity contribution in [2.24, 2.45) is 0 Å². The van der Waals surface area contributed by atoms with Crippen LogP contribution in [-0.2, 0) is 6.42 Å². The maximum Gasteiger partial charge on any atom is 0.0270 e. The SMILES string of the molecule is CCc1ccc(/C=C\CC[C@H]2CC[C@H](C)N2)s1. The Hall–Kier alpha value is -0.600. The molecule has 1 aromatic heterocycles. The lowest BCUT2D eigenvalue weighted by molar-refractivity contribution is 0.531. The fourth-order valence-corrected chi connectivity index (χ4v) is 3.30. The summed E-state index contributed by atoms with van der Waals surface area (Å²) in [6.07, 6.45) is 10.9. The zero-order valence-electron chi connectivity index (χ0n) is 10.9. The number of rotatable bonds is 5. The van der Waals surface area contributed by atoms with Gasteiger partial charge in [0.05, 0.1) is 0 Å². The van der Waals surface area contributed by atoms with Crippen LogP contribution in [0.4, 0.5) is 0 Å². The van der Waals surface area contributed by atoms with Crippen molar-refractivity contribution in [1.29, 1.82) is 0 Å². The first kappa shape index (κ1) is 12.8. The maximum absolute atomic E-state index is 3.63. The number of hydrogen-bond donors (Lipinski definition) is 1. The first-order chi connectivity index (χ1) is 8.28. The molecule has 94 valence electrons. The fourth-order valence-electron chi connectivity index (χ4n) is 2.42. The molecule has 1 fully saturated rings. The van der Waals surface area contributed by atoms with Crippen LogP contribution in [0.25, 0.3) is 6.08 Å². The number of nitrogens with one attached hydrogen (secondary N) is 1. The predicted molar refractivity (Wildman–Crippen MR) is 77.6 cm³/mol. The second-order valence-electron chi connectivity index (χ2n) is 4.98. The van der Waals surface area contributed by atoms with Crippen LogP contribution in [0.15, 0.2) is 18.2 Å². The first-order valence-electron chi connectivity index (χ1n) is 6.79. The van der Waals surface area contributed by atoms with Gasteiger partial charge in [-0.3, -0.25) is 0 Å². The molecule has 0 aromatic carbocycles. The van der Waals surface area contributed by atoms with E-state index in [9.17, 15) is 0 Å². The summed E-state index contributed by atoms with van der Waals surface area (Å²) in [5.74, 6) is 0. The second kappa shape index (κ2) is 6.36. The Labute approximate surface area is 109 Å². The minimum absolute atomic E-state index is 0.730. The topological polar surface area (TPSA) is 12.0 Å². The first-order valence-corrected chi connectivity index (χ1v) is 7.61. The van der Waals surface area contributed by atoms with Gasteiger partial charge in [0.15, 0.2) is 0 Å². The van der Waals surface area contributed by atoms with Crippen molar-refractivity contribution >= 4 is 17.4 Å². The molecule has 0 aliphatic carbocycles. The van der Waals surface area contributed by atoms with Crippen molar-refractivity contribution in [3.63, 3.8) is 0 Å². The van der Waals surface area contributed by atoms with Crippen molar-refractivity contribution < 1.29 is 0 Å². The fraction of sp³-hybridized carbons (Fsp3) is 0.600. The van der Waals surface area contributed by atoms with Crippen molar-refractivity contribution in [3.05, 3.63) is 28.0 Å². The minimum Gasteiger partial charge on any atom is -0.311 e. The number of aryl methyl sites for hydroxylation is 1. The molecule has 2 heterocycles. The van der Waals surface area contributed by atoms with E-state index in [1.54, 1.807) is 0 Å². The zero-order chi connectivity index (χ0) is 12.1. The van der Waals surface area contributed by atoms with Gasteiger partial charge in [0.2, 0.25) is 0 Å². The van der Waals surface area contributed by atoms with Gasteiger partial charge in [-0.2, -0.15) is 0 Å². The highest BCUT2D eigenvalue weighted by atomic mass is 32.1. The largest absolute Gasteiger partial charge is 0.311 e. The Bertz CT molecular complexity index is 367. The van der Waals surface area contributed by atoms with Crippen LogP contribution in [0.3, 0.4) is 0 Å². The van der Waals surface area contributed by atoms with Crippen molar-refractivity contribution in [1.82, 2.24) is 5.32 Å². The molecule has 0 radical (unpaired) electrons.